The molecule has 0 aromatic carbocycles. The lowest BCUT2D eigenvalue weighted by atomic mass is 10.0. The molecule has 2 atom stereocenters. The summed E-state index contributed by atoms with van der Waals surface area (Å²) >= 11 is 3.45. The van der Waals surface area contributed by atoms with Gasteiger partial charge < -0.3 is 42.4 Å². The molecule has 0 aliphatic carbocycles. The average Bonchev–Trinajstić information content (AvgIpc) is 3.31. The largest absolute Gasteiger partial charge is 0.543 e. The van der Waals surface area contributed by atoms with Gasteiger partial charge in [0.1, 0.15) is 17.1 Å². The van der Waals surface area contributed by atoms with Crippen molar-refractivity contribution in [2.24, 2.45) is 12.2 Å². The molecule has 206 valence electrons. The maximum absolute atomic E-state index is 13.0. The van der Waals surface area contributed by atoms with Crippen molar-refractivity contribution < 1.29 is 38.8 Å². The van der Waals surface area contributed by atoms with Crippen molar-refractivity contribution in [1.82, 2.24) is 20.2 Å². The van der Waals surface area contributed by atoms with Crippen LogP contribution in [0, 0.1) is 0 Å². The van der Waals surface area contributed by atoms with Gasteiger partial charge in [0.25, 0.3) is 11.8 Å². The number of amides is 2. The molecule has 4 heterocycles. The summed E-state index contributed by atoms with van der Waals surface area (Å²) in [6.45, 7) is -0.818. The Bertz CT molecular complexity index is 1400. The number of nitrogens with two attached hydrogens (primary N) is 3. The number of rotatable bonds is 10. The third-order valence-corrected chi connectivity index (χ3v) is 8.48. The quantitative estimate of drug-likeness (QED) is 0.0461. The van der Waals surface area contributed by atoms with Gasteiger partial charge in [0.05, 0.1) is 18.7 Å². The van der Waals surface area contributed by atoms with Crippen LogP contribution in [0.25, 0.3) is 0 Å². The summed E-state index contributed by atoms with van der Waals surface area (Å²) < 4.78 is 1.49. The number of anilines is 3. The Labute approximate surface area is 232 Å². The molecule has 1 saturated heterocycles. The van der Waals surface area contributed by atoms with Crippen LogP contribution in [0.5, 0.6) is 0 Å². The molecule has 16 nitrogen and oxygen atoms in total. The number of carbonyl (C=O) groups is 4. The predicted octanol–water partition coefficient (Wildman–Crippen LogP) is -2.89. The Kier molecular flexibility index (Phi) is 8.11. The second-order valence-corrected chi connectivity index (χ2v) is 11.0. The van der Waals surface area contributed by atoms with Crippen LogP contribution in [-0.4, -0.2) is 79.0 Å². The van der Waals surface area contributed by atoms with Crippen molar-refractivity contribution >= 4 is 81.2 Å². The molecule has 0 spiro atoms. The van der Waals surface area contributed by atoms with Crippen molar-refractivity contribution in [3.05, 3.63) is 28.4 Å². The number of nitrogen functional groups attached to an aromatic ring is 3. The fourth-order valence-corrected chi connectivity index (χ4v) is 6.50. The van der Waals surface area contributed by atoms with Gasteiger partial charge >= 0.3 is 11.9 Å². The summed E-state index contributed by atoms with van der Waals surface area (Å²) in [7, 11) is 1.65. The highest BCUT2D eigenvalue weighted by Crippen LogP contribution is 2.41. The Balaban J connectivity index is 1.50. The van der Waals surface area contributed by atoms with E-state index in [2.05, 4.69) is 25.3 Å². The molecule has 0 bridgehead atoms. The second kappa shape index (κ2) is 11.3. The van der Waals surface area contributed by atoms with E-state index in [1.165, 1.54) is 33.5 Å². The molecule has 39 heavy (non-hydrogen) atoms. The average molecular weight is 596 g/mol. The summed E-state index contributed by atoms with van der Waals surface area (Å²) in [6.07, 6.45) is 0. The number of carbonyl (C=O) groups excluding carboxylic acids is 3. The Hall–Kier alpha value is -4.10. The molecule has 2 amide bonds. The van der Waals surface area contributed by atoms with E-state index in [0.29, 0.717) is 16.4 Å². The lowest BCUT2D eigenvalue weighted by Crippen LogP contribution is -2.71. The number of thioether (sulfide) groups is 2. The maximum atomic E-state index is 13.0. The minimum Gasteiger partial charge on any atom is -0.543 e. The van der Waals surface area contributed by atoms with Crippen LogP contribution in [0.15, 0.2) is 32.9 Å². The van der Waals surface area contributed by atoms with Gasteiger partial charge in [-0.2, -0.15) is 0 Å². The van der Waals surface area contributed by atoms with Gasteiger partial charge in [-0.3, -0.25) is 14.5 Å². The molecule has 0 radical (unpaired) electrons. The highest BCUT2D eigenvalue weighted by atomic mass is 32.2. The van der Waals surface area contributed by atoms with E-state index in [-0.39, 0.29) is 34.0 Å². The topological polar surface area (TPSA) is 256 Å². The zero-order valence-corrected chi connectivity index (χ0v) is 22.5. The first-order chi connectivity index (χ1) is 18.5. The number of aromatic nitrogens is 3. The highest BCUT2D eigenvalue weighted by Gasteiger charge is 2.53. The Morgan fingerprint density at radius 2 is 2.10 bits per heavy atom. The molecule has 0 saturated carbocycles. The molecule has 0 unspecified atom stereocenters. The molecular formula is C20H21N9O7S3. The number of hydrogen-bond acceptors (Lipinski definition) is 15. The molecule has 2 aliphatic rings. The third-order valence-electron chi connectivity index (χ3n) is 5.47. The third kappa shape index (κ3) is 5.83. The molecule has 2 aliphatic heterocycles. The lowest BCUT2D eigenvalue weighted by Gasteiger charge is -2.50. The lowest BCUT2D eigenvalue weighted by molar-refractivity contribution is -0.645. The van der Waals surface area contributed by atoms with Gasteiger partial charge in [0.2, 0.25) is 6.61 Å². The summed E-state index contributed by atoms with van der Waals surface area (Å²) in [4.78, 5) is 62.7. The molecule has 8 N–H and O–H groups in total. The van der Waals surface area contributed by atoms with E-state index < -0.39 is 47.5 Å². The summed E-state index contributed by atoms with van der Waals surface area (Å²) in [5, 5.41) is 28.1. The van der Waals surface area contributed by atoms with Crippen molar-refractivity contribution in [2.75, 3.05) is 35.3 Å². The smallest absolute Gasteiger partial charge is 0.345 e. The Morgan fingerprint density at radius 3 is 2.72 bits per heavy atom. The van der Waals surface area contributed by atoms with Crippen LogP contribution in [0.1, 0.15) is 5.69 Å². The summed E-state index contributed by atoms with van der Waals surface area (Å²) in [6, 6.07) is 0.497. The van der Waals surface area contributed by atoms with Crippen molar-refractivity contribution in [3.8, 4) is 0 Å². The number of carboxylic acids is 2. The number of oxime groups is 1. The fourth-order valence-electron chi connectivity index (χ4n) is 3.56. The van der Waals surface area contributed by atoms with Crippen LogP contribution in [0.2, 0.25) is 0 Å². The Morgan fingerprint density at radius 1 is 1.36 bits per heavy atom. The first kappa shape index (κ1) is 27.9. The first-order valence-corrected chi connectivity index (χ1v) is 13.8. The minimum atomic E-state index is -1.54. The van der Waals surface area contributed by atoms with E-state index in [0.717, 1.165) is 16.2 Å². The normalized spacial score (nSPS) is 18.8. The number of nitrogens with zero attached hydrogens (tertiary/aromatic N) is 5. The summed E-state index contributed by atoms with van der Waals surface area (Å²) in [5.74, 6) is -3.47. The standard InChI is InChI=1S/C20H21N9O7S3/c1-28-9(21)2-10(25-19(28)22)37-4-7-5-38-17-13(16(33)29(17)14(7)18(34)35)26-15(32)12(27-36-3-11(30)31)8-6-39-20(23)24-8/h2,6,13,17H,3-5H2,1H3,(H8,21,22,23,24,25,26,30,31,32,34,35)/b27-12-/t13-,17-/m1/s1. The zero-order valence-electron chi connectivity index (χ0n) is 20.0. The van der Waals surface area contributed by atoms with Crippen LogP contribution in [0.3, 0.4) is 0 Å². The van der Waals surface area contributed by atoms with Crippen molar-refractivity contribution in [3.63, 3.8) is 0 Å². The minimum absolute atomic E-state index is 0.0133. The molecule has 2 aromatic heterocycles. The van der Waals surface area contributed by atoms with Gasteiger partial charge in [-0.1, -0.05) is 16.9 Å². The maximum Gasteiger partial charge on any atom is 0.345 e. The van der Waals surface area contributed by atoms with Gasteiger partial charge in [-0.05, 0) is 5.57 Å². The number of β-lactam (4-membered cyclic amide) rings is 1. The molecule has 4 rings (SSSR count). The van der Waals surface area contributed by atoms with E-state index in [9.17, 15) is 24.3 Å². The zero-order chi connectivity index (χ0) is 28.4. The number of nitrogens with one attached hydrogen (secondary N) is 1. The van der Waals surface area contributed by atoms with Gasteiger partial charge in [0.15, 0.2) is 21.7 Å². The van der Waals surface area contributed by atoms with Gasteiger partial charge in [0, 0.05) is 23.0 Å². The number of fused-ring (bicyclic) bond motifs is 1. The molecule has 2 aromatic rings. The van der Waals surface area contributed by atoms with Crippen molar-refractivity contribution in [1.29, 1.82) is 0 Å². The van der Waals surface area contributed by atoms with E-state index in [1.807, 2.05) is 0 Å². The van der Waals surface area contributed by atoms with E-state index in [1.54, 1.807) is 13.1 Å². The van der Waals surface area contributed by atoms with E-state index >= 15 is 0 Å². The van der Waals surface area contributed by atoms with Crippen molar-refractivity contribution in [2.45, 2.75) is 16.4 Å². The SMILES string of the molecule is C[n+]1c(N)cc(SCC2=C(C(=O)[O-])N3C(=O)[C@@H](NC(=O)/C(=N\OCC(=O)O)c4csc(N)n4)[C@H]3SC2)nc1N. The first-order valence-electron chi connectivity index (χ1n) is 10.8. The van der Waals surface area contributed by atoms with E-state index in [4.69, 9.17) is 22.3 Å². The number of hydrogen-bond donors (Lipinski definition) is 5. The predicted molar refractivity (Wildman–Crippen MR) is 139 cm³/mol. The molecule has 1 fully saturated rings. The fraction of sp³-hybridized carbons (Fsp3) is 0.300. The highest BCUT2D eigenvalue weighted by molar-refractivity contribution is 8.01. The number of thiazole rings is 1. The van der Waals surface area contributed by atoms with Crippen LogP contribution >= 0.6 is 34.9 Å². The van der Waals surface area contributed by atoms with Crippen LogP contribution in [-0.2, 0) is 31.1 Å². The molecular weight excluding hydrogens is 574 g/mol. The number of aliphatic carboxylic acids is 2. The number of carboxylic acid groups (broad SMARTS) is 2. The molecule has 19 heteroatoms. The van der Waals surface area contributed by atoms with Gasteiger partial charge in [-0.25, -0.2) is 14.3 Å². The monoisotopic (exact) mass is 595 g/mol. The van der Waals surface area contributed by atoms with Gasteiger partial charge in [-0.15, -0.1) is 28.1 Å². The second-order valence-electron chi connectivity index (χ2n) is 8.00. The summed E-state index contributed by atoms with van der Waals surface area (Å²) in [5.41, 5.74) is 17.1. The van der Waals surface area contributed by atoms with Crippen LogP contribution in [0.4, 0.5) is 16.9 Å². The van der Waals surface area contributed by atoms with Crippen LogP contribution < -0.4 is 32.2 Å².